The zero-order valence-corrected chi connectivity index (χ0v) is 11.8. The highest BCUT2D eigenvalue weighted by Crippen LogP contribution is 2.41. The molecule has 1 amide bonds. The standard InChI is InChI=1S/C15H18N4O2/c16-9-12-1-2-13(17-10-12)19-8-5-15(11-19)3-6-18(7-4-15)14(20)21/h1-2,10H,3-8,11H2,(H,20,21). The molecule has 0 aromatic carbocycles. The molecule has 1 aromatic heterocycles. The van der Waals surface area contributed by atoms with Crippen molar-refractivity contribution in [2.45, 2.75) is 19.3 Å². The predicted octanol–water partition coefficient (Wildman–Crippen LogP) is 1.92. The van der Waals surface area contributed by atoms with Crippen LogP contribution >= 0.6 is 0 Å². The second kappa shape index (κ2) is 5.24. The highest BCUT2D eigenvalue weighted by atomic mass is 16.4. The molecule has 0 aliphatic carbocycles. The molecule has 0 radical (unpaired) electrons. The van der Waals surface area contributed by atoms with Crippen LogP contribution in [0.4, 0.5) is 10.6 Å². The van der Waals surface area contributed by atoms with Gasteiger partial charge in [0.2, 0.25) is 0 Å². The van der Waals surface area contributed by atoms with Crippen molar-refractivity contribution >= 4 is 11.9 Å². The fourth-order valence-corrected chi connectivity index (χ4v) is 3.35. The minimum atomic E-state index is -0.812. The lowest BCUT2D eigenvalue weighted by molar-refractivity contribution is 0.0986. The Balaban J connectivity index is 1.65. The molecule has 0 unspecified atom stereocenters. The smallest absolute Gasteiger partial charge is 0.407 e. The van der Waals surface area contributed by atoms with Crippen LogP contribution in [-0.4, -0.2) is 47.3 Å². The summed E-state index contributed by atoms with van der Waals surface area (Å²) in [5, 5.41) is 17.8. The van der Waals surface area contributed by atoms with Crippen LogP contribution in [0, 0.1) is 16.7 Å². The van der Waals surface area contributed by atoms with Crippen LogP contribution in [0.15, 0.2) is 18.3 Å². The summed E-state index contributed by atoms with van der Waals surface area (Å²) in [6.45, 7) is 3.14. The summed E-state index contributed by atoms with van der Waals surface area (Å²) in [5.74, 6) is 0.909. The number of nitriles is 1. The molecule has 2 fully saturated rings. The van der Waals surface area contributed by atoms with Crippen molar-refractivity contribution in [3.05, 3.63) is 23.9 Å². The molecule has 6 heteroatoms. The number of anilines is 1. The van der Waals surface area contributed by atoms with Crippen molar-refractivity contribution in [2.75, 3.05) is 31.1 Å². The maximum absolute atomic E-state index is 11.0. The van der Waals surface area contributed by atoms with E-state index >= 15 is 0 Å². The number of carboxylic acid groups (broad SMARTS) is 1. The SMILES string of the molecule is N#Cc1ccc(N2CCC3(CCN(C(=O)O)CC3)C2)nc1. The summed E-state index contributed by atoms with van der Waals surface area (Å²) in [6.07, 6.45) is 3.72. The van der Waals surface area contributed by atoms with Gasteiger partial charge in [-0.05, 0) is 36.8 Å². The first-order chi connectivity index (χ1) is 10.1. The molecule has 110 valence electrons. The fourth-order valence-electron chi connectivity index (χ4n) is 3.35. The minimum Gasteiger partial charge on any atom is -0.465 e. The lowest BCUT2D eigenvalue weighted by Gasteiger charge is -2.38. The quantitative estimate of drug-likeness (QED) is 0.853. The van der Waals surface area contributed by atoms with Crippen molar-refractivity contribution in [1.29, 1.82) is 5.26 Å². The van der Waals surface area contributed by atoms with Crippen molar-refractivity contribution in [1.82, 2.24) is 9.88 Å². The van der Waals surface area contributed by atoms with Gasteiger partial charge in [-0.3, -0.25) is 0 Å². The Morgan fingerprint density at radius 2 is 2.00 bits per heavy atom. The van der Waals surface area contributed by atoms with Gasteiger partial charge >= 0.3 is 6.09 Å². The van der Waals surface area contributed by atoms with E-state index in [0.717, 1.165) is 38.2 Å². The van der Waals surface area contributed by atoms with Crippen molar-refractivity contribution < 1.29 is 9.90 Å². The molecular formula is C15H18N4O2. The molecule has 1 spiro atoms. The molecule has 21 heavy (non-hydrogen) atoms. The van der Waals surface area contributed by atoms with Gasteiger partial charge in [-0.1, -0.05) is 0 Å². The van der Waals surface area contributed by atoms with E-state index in [-0.39, 0.29) is 5.41 Å². The molecular weight excluding hydrogens is 268 g/mol. The molecule has 0 saturated carbocycles. The molecule has 3 heterocycles. The summed E-state index contributed by atoms with van der Waals surface area (Å²) in [7, 11) is 0. The number of amides is 1. The largest absolute Gasteiger partial charge is 0.465 e. The average Bonchev–Trinajstić information content (AvgIpc) is 2.92. The Hall–Kier alpha value is -2.29. The van der Waals surface area contributed by atoms with E-state index in [4.69, 9.17) is 10.4 Å². The van der Waals surface area contributed by atoms with Gasteiger partial charge in [-0.15, -0.1) is 0 Å². The topological polar surface area (TPSA) is 80.5 Å². The summed E-state index contributed by atoms with van der Waals surface area (Å²) in [5.41, 5.74) is 0.795. The number of piperidine rings is 1. The average molecular weight is 286 g/mol. The number of rotatable bonds is 1. The monoisotopic (exact) mass is 286 g/mol. The Kier molecular flexibility index (Phi) is 3.42. The highest BCUT2D eigenvalue weighted by Gasteiger charge is 2.41. The first kappa shape index (κ1) is 13.7. The van der Waals surface area contributed by atoms with Gasteiger partial charge < -0.3 is 14.9 Å². The van der Waals surface area contributed by atoms with Crippen LogP contribution in [0.1, 0.15) is 24.8 Å². The third-order valence-corrected chi connectivity index (χ3v) is 4.73. The number of aromatic nitrogens is 1. The summed E-state index contributed by atoms with van der Waals surface area (Å²) in [6, 6.07) is 5.76. The normalized spacial score (nSPS) is 20.5. The molecule has 2 aliphatic heterocycles. The van der Waals surface area contributed by atoms with Crippen LogP contribution in [0.5, 0.6) is 0 Å². The third kappa shape index (κ3) is 2.64. The molecule has 2 saturated heterocycles. The van der Waals surface area contributed by atoms with Gasteiger partial charge in [-0.25, -0.2) is 9.78 Å². The molecule has 0 atom stereocenters. The number of likely N-dealkylation sites (tertiary alicyclic amines) is 1. The Morgan fingerprint density at radius 3 is 2.57 bits per heavy atom. The van der Waals surface area contributed by atoms with E-state index in [1.807, 2.05) is 6.07 Å². The van der Waals surface area contributed by atoms with Gasteiger partial charge in [0.05, 0.1) is 5.56 Å². The maximum Gasteiger partial charge on any atom is 0.407 e. The van der Waals surface area contributed by atoms with Gasteiger partial charge in [-0.2, -0.15) is 5.26 Å². The minimum absolute atomic E-state index is 0.224. The Labute approximate surface area is 123 Å². The number of hydrogen-bond donors (Lipinski definition) is 1. The molecule has 3 rings (SSSR count). The second-order valence-corrected chi connectivity index (χ2v) is 5.96. The van der Waals surface area contributed by atoms with E-state index in [1.165, 1.54) is 4.90 Å². The number of pyridine rings is 1. The molecule has 0 bridgehead atoms. The lowest BCUT2D eigenvalue weighted by Crippen LogP contribution is -2.43. The van der Waals surface area contributed by atoms with Crippen LogP contribution in [0.25, 0.3) is 0 Å². The van der Waals surface area contributed by atoms with Crippen molar-refractivity contribution in [2.24, 2.45) is 5.41 Å². The van der Waals surface area contributed by atoms with Crippen LogP contribution in [-0.2, 0) is 0 Å². The van der Waals surface area contributed by atoms with Crippen LogP contribution in [0.2, 0.25) is 0 Å². The molecule has 6 nitrogen and oxygen atoms in total. The van der Waals surface area contributed by atoms with Crippen molar-refractivity contribution in [3.8, 4) is 6.07 Å². The third-order valence-electron chi connectivity index (χ3n) is 4.73. The Bertz CT molecular complexity index is 570. The molecule has 1 N–H and O–H groups in total. The first-order valence-corrected chi connectivity index (χ1v) is 7.21. The number of nitrogens with zero attached hydrogens (tertiary/aromatic N) is 4. The first-order valence-electron chi connectivity index (χ1n) is 7.21. The number of carbonyl (C=O) groups is 1. The van der Waals surface area contributed by atoms with Gasteiger partial charge in [0.1, 0.15) is 11.9 Å². The van der Waals surface area contributed by atoms with E-state index in [9.17, 15) is 4.79 Å². The molecule has 2 aliphatic rings. The van der Waals surface area contributed by atoms with Gasteiger partial charge in [0.25, 0.3) is 0 Å². The zero-order valence-electron chi connectivity index (χ0n) is 11.8. The van der Waals surface area contributed by atoms with Gasteiger partial charge in [0.15, 0.2) is 0 Å². The second-order valence-electron chi connectivity index (χ2n) is 5.96. The highest BCUT2D eigenvalue weighted by molar-refractivity contribution is 5.65. The lowest BCUT2D eigenvalue weighted by atomic mass is 9.78. The summed E-state index contributed by atoms with van der Waals surface area (Å²) < 4.78 is 0. The summed E-state index contributed by atoms with van der Waals surface area (Å²) in [4.78, 5) is 19.1. The van der Waals surface area contributed by atoms with E-state index < -0.39 is 6.09 Å². The zero-order chi connectivity index (χ0) is 14.9. The van der Waals surface area contributed by atoms with E-state index in [1.54, 1.807) is 12.3 Å². The Morgan fingerprint density at radius 1 is 1.29 bits per heavy atom. The summed E-state index contributed by atoms with van der Waals surface area (Å²) >= 11 is 0. The van der Waals surface area contributed by atoms with E-state index in [2.05, 4.69) is 16.0 Å². The van der Waals surface area contributed by atoms with Crippen LogP contribution < -0.4 is 4.90 Å². The predicted molar refractivity (Wildman–Crippen MR) is 77.0 cm³/mol. The molecule has 1 aromatic rings. The number of hydrogen-bond acceptors (Lipinski definition) is 4. The maximum atomic E-state index is 11.0. The van der Waals surface area contributed by atoms with Gasteiger partial charge in [0, 0.05) is 32.4 Å². The van der Waals surface area contributed by atoms with Crippen LogP contribution in [0.3, 0.4) is 0 Å². The van der Waals surface area contributed by atoms with E-state index in [0.29, 0.717) is 18.7 Å². The fraction of sp³-hybridized carbons (Fsp3) is 0.533. The van der Waals surface area contributed by atoms with Crippen molar-refractivity contribution in [3.63, 3.8) is 0 Å².